The Balaban J connectivity index is 2.23. The zero-order valence-corrected chi connectivity index (χ0v) is 6.61. The molecule has 0 atom stereocenters. The molecule has 0 amide bonds. The number of hydrogen-bond donors (Lipinski definition) is 1. The maximum absolute atomic E-state index is 2.32. The number of hydrogen-bond acceptors (Lipinski definition) is 0. The highest BCUT2D eigenvalue weighted by Gasteiger charge is 2.15. The molecule has 1 fully saturated rings. The second-order valence-electron chi connectivity index (χ2n) is 3.37. The molecule has 0 bridgehead atoms. The van der Waals surface area contributed by atoms with E-state index in [0.717, 1.165) is 6.04 Å². The lowest BCUT2D eigenvalue weighted by Gasteiger charge is -2.26. The highest BCUT2D eigenvalue weighted by atomic mass is 15.1. The van der Waals surface area contributed by atoms with E-state index in [2.05, 4.69) is 13.8 Å². The molecule has 0 saturated carbocycles. The van der Waals surface area contributed by atoms with Crippen LogP contribution < -0.4 is 4.90 Å². The standard InChI is InChI=1S/C8H17N/c1-8(2)9-6-4-3-5-7-9/h8H,3-7H2,1-2H3/p+1. The maximum Gasteiger partial charge on any atom is 0.0817 e. The molecule has 1 rings (SSSR count). The third-order valence-electron chi connectivity index (χ3n) is 2.31. The second-order valence-corrected chi connectivity index (χ2v) is 3.37. The Morgan fingerprint density at radius 3 is 1.89 bits per heavy atom. The van der Waals surface area contributed by atoms with Crippen LogP contribution in [0.4, 0.5) is 0 Å². The van der Waals surface area contributed by atoms with Gasteiger partial charge in [-0.3, -0.25) is 0 Å². The minimum atomic E-state index is 0.852. The lowest BCUT2D eigenvalue weighted by atomic mass is 10.1. The van der Waals surface area contributed by atoms with Gasteiger partial charge in [0.1, 0.15) is 0 Å². The summed E-state index contributed by atoms with van der Waals surface area (Å²) in [5.74, 6) is 0. The van der Waals surface area contributed by atoms with Crippen molar-refractivity contribution in [1.29, 1.82) is 0 Å². The van der Waals surface area contributed by atoms with Gasteiger partial charge in [0.25, 0.3) is 0 Å². The predicted molar refractivity (Wildman–Crippen MR) is 39.7 cm³/mol. The zero-order chi connectivity index (χ0) is 6.69. The van der Waals surface area contributed by atoms with Gasteiger partial charge in [0.2, 0.25) is 0 Å². The summed E-state index contributed by atoms with van der Waals surface area (Å²) in [6.45, 7) is 7.47. The van der Waals surface area contributed by atoms with E-state index in [0.29, 0.717) is 0 Å². The lowest BCUT2D eigenvalue weighted by molar-refractivity contribution is -0.926. The van der Waals surface area contributed by atoms with E-state index in [9.17, 15) is 0 Å². The van der Waals surface area contributed by atoms with Crippen molar-refractivity contribution in [2.24, 2.45) is 0 Å². The van der Waals surface area contributed by atoms with Crippen LogP contribution in [0.25, 0.3) is 0 Å². The molecule has 1 N–H and O–H groups in total. The van der Waals surface area contributed by atoms with Crippen LogP contribution >= 0.6 is 0 Å². The monoisotopic (exact) mass is 128 g/mol. The Labute approximate surface area is 58.0 Å². The van der Waals surface area contributed by atoms with Gasteiger partial charge in [0.15, 0.2) is 0 Å². The van der Waals surface area contributed by atoms with Gasteiger partial charge >= 0.3 is 0 Å². The number of likely N-dealkylation sites (tertiary alicyclic amines) is 1. The molecule has 1 heteroatoms. The SMILES string of the molecule is CC(C)[NH+]1CCCCC1. The van der Waals surface area contributed by atoms with E-state index in [-0.39, 0.29) is 0 Å². The van der Waals surface area contributed by atoms with Crippen LogP contribution in [0, 0.1) is 0 Å². The quantitative estimate of drug-likeness (QED) is 0.523. The topological polar surface area (TPSA) is 4.44 Å². The summed E-state index contributed by atoms with van der Waals surface area (Å²) in [5.41, 5.74) is 0. The summed E-state index contributed by atoms with van der Waals surface area (Å²) in [6.07, 6.45) is 4.37. The fourth-order valence-electron chi connectivity index (χ4n) is 1.58. The molecule has 1 aliphatic rings. The fourth-order valence-corrected chi connectivity index (χ4v) is 1.58. The highest BCUT2D eigenvalue weighted by molar-refractivity contribution is 4.47. The first kappa shape index (κ1) is 7.07. The Hall–Kier alpha value is -0.0400. The van der Waals surface area contributed by atoms with Gasteiger partial charge in [0.05, 0.1) is 19.1 Å². The molecular weight excluding hydrogens is 110 g/mol. The van der Waals surface area contributed by atoms with Crippen molar-refractivity contribution in [1.82, 2.24) is 0 Å². The van der Waals surface area contributed by atoms with Gasteiger partial charge in [-0.25, -0.2) is 0 Å². The van der Waals surface area contributed by atoms with E-state index in [1.165, 1.54) is 32.4 Å². The molecule has 0 unspecified atom stereocenters. The predicted octanol–water partition coefficient (Wildman–Crippen LogP) is 0.464. The summed E-state index contributed by atoms with van der Waals surface area (Å²) in [6, 6.07) is 0.852. The second kappa shape index (κ2) is 3.21. The first-order valence-electron chi connectivity index (χ1n) is 4.15. The van der Waals surface area contributed by atoms with Gasteiger partial charge in [0, 0.05) is 0 Å². The van der Waals surface area contributed by atoms with Crippen molar-refractivity contribution < 1.29 is 4.90 Å². The van der Waals surface area contributed by atoms with Crippen LogP contribution in [0.3, 0.4) is 0 Å². The largest absolute Gasteiger partial charge is 0.333 e. The van der Waals surface area contributed by atoms with Crippen molar-refractivity contribution in [2.75, 3.05) is 13.1 Å². The number of quaternary nitrogens is 1. The van der Waals surface area contributed by atoms with Crippen LogP contribution in [-0.2, 0) is 0 Å². The molecule has 9 heavy (non-hydrogen) atoms. The van der Waals surface area contributed by atoms with Crippen LogP contribution in [0.2, 0.25) is 0 Å². The van der Waals surface area contributed by atoms with Crippen LogP contribution in [0.15, 0.2) is 0 Å². The van der Waals surface area contributed by atoms with Gasteiger partial charge in [-0.15, -0.1) is 0 Å². The van der Waals surface area contributed by atoms with Crippen LogP contribution in [0.5, 0.6) is 0 Å². The molecule has 0 aliphatic carbocycles. The van der Waals surface area contributed by atoms with Crippen molar-refractivity contribution in [3.8, 4) is 0 Å². The molecule has 0 aromatic rings. The van der Waals surface area contributed by atoms with E-state index in [1.54, 1.807) is 4.90 Å². The van der Waals surface area contributed by atoms with Crippen molar-refractivity contribution in [3.63, 3.8) is 0 Å². The maximum atomic E-state index is 2.32. The van der Waals surface area contributed by atoms with Crippen LogP contribution in [-0.4, -0.2) is 19.1 Å². The average Bonchev–Trinajstić information content (AvgIpc) is 1.90. The molecule has 0 radical (unpaired) electrons. The summed E-state index contributed by atoms with van der Waals surface area (Å²) < 4.78 is 0. The summed E-state index contributed by atoms with van der Waals surface area (Å²) in [7, 11) is 0. The average molecular weight is 128 g/mol. The lowest BCUT2D eigenvalue weighted by Crippen LogP contribution is -3.15. The molecule has 1 heterocycles. The van der Waals surface area contributed by atoms with Gasteiger partial charge in [-0.2, -0.15) is 0 Å². The third kappa shape index (κ3) is 1.98. The third-order valence-corrected chi connectivity index (χ3v) is 2.31. The summed E-state index contributed by atoms with van der Waals surface area (Å²) >= 11 is 0. The Morgan fingerprint density at radius 1 is 1.00 bits per heavy atom. The van der Waals surface area contributed by atoms with E-state index in [4.69, 9.17) is 0 Å². The Morgan fingerprint density at radius 2 is 1.56 bits per heavy atom. The van der Waals surface area contributed by atoms with Gasteiger partial charge in [-0.1, -0.05) is 0 Å². The smallest absolute Gasteiger partial charge is 0.0817 e. The Bertz CT molecular complexity index is 72.6. The van der Waals surface area contributed by atoms with Crippen molar-refractivity contribution in [2.45, 2.75) is 39.2 Å². The van der Waals surface area contributed by atoms with E-state index >= 15 is 0 Å². The zero-order valence-electron chi connectivity index (χ0n) is 6.61. The number of piperidine rings is 1. The van der Waals surface area contributed by atoms with E-state index in [1.807, 2.05) is 0 Å². The number of nitrogens with one attached hydrogen (secondary N) is 1. The minimum Gasteiger partial charge on any atom is -0.333 e. The normalized spacial score (nSPS) is 23.0. The first-order valence-corrected chi connectivity index (χ1v) is 4.15. The first-order chi connectivity index (χ1) is 4.30. The van der Waals surface area contributed by atoms with Gasteiger partial charge in [-0.05, 0) is 33.1 Å². The Kier molecular flexibility index (Phi) is 2.52. The molecule has 1 saturated heterocycles. The fraction of sp³-hybridized carbons (Fsp3) is 1.00. The van der Waals surface area contributed by atoms with Gasteiger partial charge < -0.3 is 4.90 Å². The molecular formula is C8H18N+. The molecule has 1 aliphatic heterocycles. The molecule has 0 spiro atoms. The minimum absolute atomic E-state index is 0.852. The summed E-state index contributed by atoms with van der Waals surface area (Å²) in [5, 5.41) is 0. The number of rotatable bonds is 1. The van der Waals surface area contributed by atoms with Crippen LogP contribution in [0.1, 0.15) is 33.1 Å². The van der Waals surface area contributed by atoms with Crippen molar-refractivity contribution in [3.05, 3.63) is 0 Å². The molecule has 0 aromatic heterocycles. The highest BCUT2D eigenvalue weighted by Crippen LogP contribution is 1.95. The molecule has 54 valence electrons. The summed E-state index contributed by atoms with van der Waals surface area (Å²) in [4.78, 5) is 1.81. The molecule has 0 aromatic carbocycles. The van der Waals surface area contributed by atoms with E-state index < -0.39 is 0 Å². The molecule has 1 nitrogen and oxygen atoms in total. The van der Waals surface area contributed by atoms with Crippen molar-refractivity contribution >= 4 is 0 Å².